The minimum absolute atomic E-state index is 0.0666. The molecule has 0 saturated carbocycles. The van der Waals surface area contributed by atoms with Crippen LogP contribution in [0.15, 0.2) is 22.7 Å². The summed E-state index contributed by atoms with van der Waals surface area (Å²) in [5.74, 6) is -0.273. The summed E-state index contributed by atoms with van der Waals surface area (Å²) in [5, 5.41) is 12.6. The van der Waals surface area contributed by atoms with Gasteiger partial charge in [0, 0.05) is 28.7 Å². The number of aliphatic hydroxyl groups excluding tert-OH is 1. The van der Waals surface area contributed by atoms with Crippen molar-refractivity contribution in [3.05, 3.63) is 34.1 Å². The highest BCUT2D eigenvalue weighted by atomic mass is 79.9. The van der Waals surface area contributed by atoms with Crippen molar-refractivity contribution in [1.82, 2.24) is 5.32 Å². The van der Waals surface area contributed by atoms with Crippen molar-refractivity contribution in [2.45, 2.75) is 38.5 Å². The zero-order valence-electron chi connectivity index (χ0n) is 10.7. The first-order chi connectivity index (χ1) is 8.43. The lowest BCUT2D eigenvalue weighted by Gasteiger charge is -2.24. The molecule has 1 rings (SSSR count). The van der Waals surface area contributed by atoms with Gasteiger partial charge in [0.25, 0.3) is 0 Å². The molecule has 0 heterocycles. The van der Waals surface area contributed by atoms with Crippen LogP contribution in [0.1, 0.15) is 31.9 Å². The van der Waals surface area contributed by atoms with E-state index < -0.39 is 6.10 Å². The molecule has 1 aromatic rings. The van der Waals surface area contributed by atoms with Crippen LogP contribution >= 0.6 is 15.9 Å². The van der Waals surface area contributed by atoms with Crippen LogP contribution in [-0.4, -0.2) is 23.8 Å². The van der Waals surface area contributed by atoms with E-state index >= 15 is 0 Å². The van der Waals surface area contributed by atoms with E-state index in [0.717, 1.165) is 4.47 Å². The highest BCUT2D eigenvalue weighted by molar-refractivity contribution is 9.10. The van der Waals surface area contributed by atoms with Gasteiger partial charge in [0.15, 0.2) is 0 Å². The Hall–Kier alpha value is -0.490. The molecule has 5 heteroatoms. The van der Waals surface area contributed by atoms with Gasteiger partial charge in [0.2, 0.25) is 0 Å². The van der Waals surface area contributed by atoms with E-state index in [1.807, 2.05) is 6.92 Å². The lowest BCUT2D eigenvalue weighted by atomic mass is 10.0. The smallest absolute Gasteiger partial charge is 0.128 e. The molecule has 18 heavy (non-hydrogen) atoms. The van der Waals surface area contributed by atoms with Crippen molar-refractivity contribution in [3.63, 3.8) is 0 Å². The standard InChI is InChI=1S/C13H20BrFN2O/c1-8(5-9(2)18)17-13(7-16)11-6-10(14)3-4-12(11)15/h3-4,6,8-9,13,17-18H,5,7,16H2,1-2H3. The van der Waals surface area contributed by atoms with Gasteiger partial charge in [-0.1, -0.05) is 15.9 Å². The van der Waals surface area contributed by atoms with Crippen molar-refractivity contribution < 1.29 is 9.50 Å². The third kappa shape index (κ3) is 4.65. The normalized spacial score (nSPS) is 16.3. The highest BCUT2D eigenvalue weighted by Crippen LogP contribution is 2.22. The van der Waals surface area contributed by atoms with Gasteiger partial charge in [-0.25, -0.2) is 4.39 Å². The predicted octanol–water partition coefficient (Wildman–Crippen LogP) is 2.34. The van der Waals surface area contributed by atoms with Gasteiger partial charge in [-0.05, 0) is 38.5 Å². The molecule has 0 bridgehead atoms. The molecule has 0 saturated heterocycles. The fraction of sp³-hybridized carbons (Fsp3) is 0.538. The topological polar surface area (TPSA) is 58.3 Å². The van der Waals surface area contributed by atoms with Crippen molar-refractivity contribution in [2.75, 3.05) is 6.54 Å². The minimum Gasteiger partial charge on any atom is -0.393 e. The molecule has 0 amide bonds. The monoisotopic (exact) mass is 318 g/mol. The summed E-state index contributed by atoms with van der Waals surface area (Å²) in [6.07, 6.45) is 0.213. The van der Waals surface area contributed by atoms with Crippen LogP contribution in [0.5, 0.6) is 0 Å². The molecule has 3 unspecified atom stereocenters. The molecular weight excluding hydrogens is 299 g/mol. The van der Waals surface area contributed by atoms with Gasteiger partial charge in [-0.15, -0.1) is 0 Å². The summed E-state index contributed by atoms with van der Waals surface area (Å²) in [6, 6.07) is 4.62. The minimum atomic E-state index is -0.390. The van der Waals surface area contributed by atoms with Crippen molar-refractivity contribution >= 4 is 15.9 Å². The van der Waals surface area contributed by atoms with Crippen molar-refractivity contribution in [1.29, 1.82) is 0 Å². The van der Waals surface area contributed by atoms with Crippen molar-refractivity contribution in [3.8, 4) is 0 Å². The first-order valence-electron chi connectivity index (χ1n) is 6.03. The number of nitrogens with two attached hydrogens (primary N) is 1. The number of hydrogen-bond donors (Lipinski definition) is 3. The summed E-state index contributed by atoms with van der Waals surface area (Å²) in [7, 11) is 0. The first-order valence-corrected chi connectivity index (χ1v) is 6.82. The second-order valence-corrected chi connectivity index (χ2v) is 5.52. The Balaban J connectivity index is 2.79. The number of rotatable bonds is 6. The number of hydrogen-bond acceptors (Lipinski definition) is 3. The Morgan fingerprint density at radius 2 is 2.11 bits per heavy atom. The summed E-state index contributed by atoms with van der Waals surface area (Å²) >= 11 is 3.33. The Bertz CT molecular complexity index is 387. The zero-order chi connectivity index (χ0) is 13.7. The van der Waals surface area contributed by atoms with E-state index in [4.69, 9.17) is 5.73 Å². The van der Waals surface area contributed by atoms with Gasteiger partial charge in [-0.3, -0.25) is 0 Å². The highest BCUT2D eigenvalue weighted by Gasteiger charge is 2.17. The summed E-state index contributed by atoms with van der Waals surface area (Å²) < 4.78 is 14.6. The Morgan fingerprint density at radius 3 is 2.67 bits per heavy atom. The lowest BCUT2D eigenvalue weighted by Crippen LogP contribution is -2.37. The number of halogens is 2. The molecule has 0 aliphatic heterocycles. The molecule has 0 radical (unpaired) electrons. The number of benzene rings is 1. The predicted molar refractivity (Wildman–Crippen MR) is 74.8 cm³/mol. The number of nitrogens with one attached hydrogen (secondary N) is 1. The van der Waals surface area contributed by atoms with Crippen LogP contribution in [0.2, 0.25) is 0 Å². The maximum atomic E-state index is 13.8. The van der Waals surface area contributed by atoms with Crippen LogP contribution in [0.4, 0.5) is 4.39 Å². The third-order valence-electron chi connectivity index (χ3n) is 2.75. The van der Waals surface area contributed by atoms with E-state index in [1.165, 1.54) is 6.07 Å². The maximum absolute atomic E-state index is 13.8. The lowest BCUT2D eigenvalue weighted by molar-refractivity contribution is 0.168. The summed E-state index contributed by atoms with van der Waals surface area (Å²) in [5.41, 5.74) is 6.24. The van der Waals surface area contributed by atoms with E-state index in [0.29, 0.717) is 18.5 Å². The van der Waals surface area contributed by atoms with Gasteiger partial charge in [0.1, 0.15) is 5.82 Å². The van der Waals surface area contributed by atoms with E-state index in [2.05, 4.69) is 21.2 Å². The van der Waals surface area contributed by atoms with Gasteiger partial charge < -0.3 is 16.2 Å². The van der Waals surface area contributed by atoms with Crippen molar-refractivity contribution in [2.24, 2.45) is 5.73 Å². The molecule has 102 valence electrons. The molecule has 0 aromatic heterocycles. The summed E-state index contributed by atoms with van der Waals surface area (Å²) in [4.78, 5) is 0. The van der Waals surface area contributed by atoms with Crippen LogP contribution in [0.3, 0.4) is 0 Å². The number of aliphatic hydroxyl groups is 1. The quantitative estimate of drug-likeness (QED) is 0.754. The summed E-state index contributed by atoms with van der Waals surface area (Å²) in [6.45, 7) is 3.98. The Kier molecular flexibility index (Phi) is 6.21. The zero-order valence-corrected chi connectivity index (χ0v) is 12.2. The Labute approximate surface area is 116 Å². The Morgan fingerprint density at radius 1 is 1.44 bits per heavy atom. The van der Waals surface area contributed by atoms with Gasteiger partial charge in [-0.2, -0.15) is 0 Å². The van der Waals surface area contributed by atoms with Crippen LogP contribution in [0.25, 0.3) is 0 Å². The molecule has 0 aliphatic rings. The van der Waals surface area contributed by atoms with Gasteiger partial charge >= 0.3 is 0 Å². The fourth-order valence-electron chi connectivity index (χ4n) is 1.99. The molecule has 1 aromatic carbocycles. The molecule has 0 aliphatic carbocycles. The van der Waals surface area contributed by atoms with E-state index in [1.54, 1.807) is 19.1 Å². The average molecular weight is 319 g/mol. The average Bonchev–Trinajstić information content (AvgIpc) is 2.28. The molecule has 3 nitrogen and oxygen atoms in total. The molecule has 4 N–H and O–H groups in total. The SMILES string of the molecule is CC(O)CC(C)NC(CN)c1cc(Br)ccc1F. The molecule has 0 fully saturated rings. The first kappa shape index (κ1) is 15.6. The second kappa shape index (κ2) is 7.19. The van der Waals surface area contributed by atoms with E-state index in [-0.39, 0.29) is 17.9 Å². The van der Waals surface area contributed by atoms with Crippen LogP contribution in [0, 0.1) is 5.82 Å². The fourth-order valence-corrected chi connectivity index (χ4v) is 2.37. The van der Waals surface area contributed by atoms with E-state index in [9.17, 15) is 9.50 Å². The molecule has 0 spiro atoms. The van der Waals surface area contributed by atoms with Crippen LogP contribution in [-0.2, 0) is 0 Å². The molecule has 3 atom stereocenters. The largest absolute Gasteiger partial charge is 0.393 e. The second-order valence-electron chi connectivity index (χ2n) is 4.61. The van der Waals surface area contributed by atoms with Crippen LogP contribution < -0.4 is 11.1 Å². The molecular formula is C13H20BrFN2O. The third-order valence-corrected chi connectivity index (χ3v) is 3.24. The maximum Gasteiger partial charge on any atom is 0.128 e. The van der Waals surface area contributed by atoms with Gasteiger partial charge in [0.05, 0.1) is 6.10 Å².